The number of allylic oxidation sites excluding steroid dienone is 2. The van der Waals surface area contributed by atoms with E-state index in [2.05, 4.69) is 22.6 Å². The lowest BCUT2D eigenvalue weighted by molar-refractivity contribution is -0.127. The quantitative estimate of drug-likeness (QED) is 0.133. The summed E-state index contributed by atoms with van der Waals surface area (Å²) in [6.45, 7) is 0. The molecule has 4 amide bonds. The predicted octanol–water partition coefficient (Wildman–Crippen LogP) is 7.03. The van der Waals surface area contributed by atoms with Crippen LogP contribution in [0.2, 0.25) is 5.02 Å². The first-order valence-electron chi connectivity index (χ1n) is 16.1. The fraction of sp³-hybridized carbons (Fsp3) is 0.231. The van der Waals surface area contributed by atoms with Crippen LogP contribution < -0.4 is 14.5 Å². The molecule has 6 atom stereocenters. The van der Waals surface area contributed by atoms with E-state index in [4.69, 9.17) is 16.3 Å². The van der Waals surface area contributed by atoms with Gasteiger partial charge in [0.05, 0.1) is 41.7 Å². The van der Waals surface area contributed by atoms with E-state index in [-0.39, 0.29) is 35.6 Å². The summed E-state index contributed by atoms with van der Waals surface area (Å²) in [6.07, 6.45) is 2.51. The highest BCUT2D eigenvalue weighted by atomic mass is 127. The molecule has 0 spiro atoms. The van der Waals surface area contributed by atoms with Gasteiger partial charge in [0.15, 0.2) is 11.5 Å². The minimum absolute atomic E-state index is 0.0688. The molecule has 0 aromatic heterocycles. The Balaban J connectivity index is 1.36. The average molecular weight is 785 g/mol. The standard InChI is InChI=1S/C39H30ClIN2O6/c1-49-32-18-21(10-17-31(32)44)34-27-15-16-28-33(37(47)42(35(28)45)25-13-11-24(41)12-14-25)29(27)20-30-36(46)43(26-9-5-8-23(40)19-26)38(48)39(30,34)22-6-3-2-4-7-22/h2-15,17-19,28-30,33-34,44H,16,20H2,1H3. The van der Waals surface area contributed by atoms with Crippen LogP contribution >= 0.6 is 34.2 Å². The number of ether oxygens (including phenoxy) is 1. The second-order valence-corrected chi connectivity index (χ2v) is 14.7. The third-order valence-corrected chi connectivity index (χ3v) is 11.7. The number of nitrogens with zero attached hydrogens (tertiary/aromatic N) is 2. The Kier molecular flexibility index (Phi) is 7.68. The van der Waals surface area contributed by atoms with Crippen LogP contribution in [0, 0.1) is 27.2 Å². The number of hydrogen-bond acceptors (Lipinski definition) is 6. The molecule has 8 rings (SSSR count). The molecule has 2 aliphatic heterocycles. The van der Waals surface area contributed by atoms with Gasteiger partial charge in [-0.25, -0.2) is 4.90 Å². The number of carbonyl (C=O) groups excluding carboxylic acids is 4. The predicted molar refractivity (Wildman–Crippen MR) is 192 cm³/mol. The van der Waals surface area contributed by atoms with E-state index in [1.165, 1.54) is 23.0 Å². The molecule has 4 aliphatic rings. The summed E-state index contributed by atoms with van der Waals surface area (Å²) >= 11 is 8.57. The van der Waals surface area contributed by atoms with Crippen LogP contribution in [0.5, 0.6) is 11.5 Å². The van der Waals surface area contributed by atoms with Crippen LogP contribution in [0.1, 0.15) is 29.9 Å². The molecule has 4 aromatic rings. The number of halogens is 2. The number of phenolic OH excluding ortho intramolecular Hbond substituents is 1. The second-order valence-electron chi connectivity index (χ2n) is 13.0. The van der Waals surface area contributed by atoms with Gasteiger partial charge in [0.1, 0.15) is 0 Å². The van der Waals surface area contributed by atoms with Crippen molar-refractivity contribution in [2.45, 2.75) is 24.2 Å². The van der Waals surface area contributed by atoms with E-state index in [1.807, 2.05) is 48.5 Å². The van der Waals surface area contributed by atoms with Gasteiger partial charge in [-0.3, -0.25) is 24.1 Å². The van der Waals surface area contributed by atoms with Crippen molar-refractivity contribution in [3.8, 4) is 11.5 Å². The molecule has 1 N–H and O–H groups in total. The molecule has 49 heavy (non-hydrogen) atoms. The highest BCUT2D eigenvalue weighted by Crippen LogP contribution is 2.64. The second kappa shape index (κ2) is 11.8. The molecule has 1 saturated carbocycles. The number of carbonyl (C=O) groups is 4. The molecule has 0 radical (unpaired) electrons. The summed E-state index contributed by atoms with van der Waals surface area (Å²) in [7, 11) is 1.45. The van der Waals surface area contributed by atoms with Crippen molar-refractivity contribution in [3.05, 3.63) is 128 Å². The van der Waals surface area contributed by atoms with Crippen molar-refractivity contribution in [2.75, 3.05) is 16.9 Å². The fourth-order valence-electron chi connectivity index (χ4n) is 8.84. The van der Waals surface area contributed by atoms with E-state index < -0.39 is 40.9 Å². The zero-order valence-electron chi connectivity index (χ0n) is 26.3. The summed E-state index contributed by atoms with van der Waals surface area (Å²) in [5.74, 6) is -4.65. The number of fused-ring (bicyclic) bond motifs is 4. The lowest BCUT2D eigenvalue weighted by Gasteiger charge is -2.50. The van der Waals surface area contributed by atoms with Crippen LogP contribution in [0.15, 0.2) is 109 Å². The molecule has 2 heterocycles. The Morgan fingerprint density at radius 3 is 2.29 bits per heavy atom. The van der Waals surface area contributed by atoms with Crippen molar-refractivity contribution in [1.29, 1.82) is 0 Å². The molecule has 3 fully saturated rings. The van der Waals surface area contributed by atoms with Crippen LogP contribution in [0.4, 0.5) is 11.4 Å². The van der Waals surface area contributed by atoms with Crippen molar-refractivity contribution in [2.24, 2.45) is 23.7 Å². The zero-order chi connectivity index (χ0) is 34.2. The SMILES string of the molecule is COc1cc(C2C3=CCC4C(=O)N(c5ccc(I)cc5)C(=O)C4C3CC3C(=O)N(c4cccc(Cl)c4)C(=O)C32c2ccccc2)ccc1O. The van der Waals surface area contributed by atoms with E-state index >= 15 is 4.79 Å². The summed E-state index contributed by atoms with van der Waals surface area (Å²) in [6, 6.07) is 28.2. The summed E-state index contributed by atoms with van der Waals surface area (Å²) in [4.78, 5) is 61.1. The first-order chi connectivity index (χ1) is 23.7. The number of benzene rings is 4. The molecule has 4 aromatic carbocycles. The molecule has 8 nitrogen and oxygen atoms in total. The summed E-state index contributed by atoms with van der Waals surface area (Å²) < 4.78 is 6.51. The number of rotatable bonds is 5. The highest BCUT2D eigenvalue weighted by Gasteiger charge is 2.70. The van der Waals surface area contributed by atoms with Crippen LogP contribution in [0.3, 0.4) is 0 Å². The van der Waals surface area contributed by atoms with Gasteiger partial charge in [-0.05, 0) is 107 Å². The third-order valence-electron chi connectivity index (χ3n) is 10.8. The van der Waals surface area contributed by atoms with Gasteiger partial charge in [0.2, 0.25) is 23.6 Å². The largest absolute Gasteiger partial charge is 0.504 e. The number of amides is 4. The van der Waals surface area contributed by atoms with E-state index in [0.717, 1.165) is 9.14 Å². The summed E-state index contributed by atoms with van der Waals surface area (Å²) in [5, 5.41) is 11.0. The molecule has 246 valence electrons. The molecule has 2 aliphatic carbocycles. The first-order valence-corrected chi connectivity index (χ1v) is 17.5. The van der Waals surface area contributed by atoms with Gasteiger partial charge in [0.25, 0.3) is 0 Å². The van der Waals surface area contributed by atoms with E-state index in [0.29, 0.717) is 33.9 Å². The van der Waals surface area contributed by atoms with E-state index in [9.17, 15) is 19.5 Å². The number of anilines is 2. The number of hydrogen-bond donors (Lipinski definition) is 1. The van der Waals surface area contributed by atoms with Gasteiger partial charge >= 0.3 is 0 Å². The van der Waals surface area contributed by atoms with Crippen molar-refractivity contribution < 1.29 is 29.0 Å². The normalized spacial score (nSPS) is 27.5. The highest BCUT2D eigenvalue weighted by molar-refractivity contribution is 14.1. The maximum Gasteiger partial charge on any atom is 0.246 e. The number of aromatic hydroxyl groups is 1. The Morgan fingerprint density at radius 2 is 1.57 bits per heavy atom. The van der Waals surface area contributed by atoms with Gasteiger partial charge in [-0.1, -0.05) is 65.7 Å². The maximum absolute atomic E-state index is 15.3. The van der Waals surface area contributed by atoms with Crippen LogP contribution in [-0.2, 0) is 24.6 Å². The smallest absolute Gasteiger partial charge is 0.246 e. The van der Waals surface area contributed by atoms with Crippen LogP contribution in [-0.4, -0.2) is 35.8 Å². The van der Waals surface area contributed by atoms with Gasteiger partial charge in [-0.15, -0.1) is 0 Å². The minimum Gasteiger partial charge on any atom is -0.504 e. The lowest BCUT2D eigenvalue weighted by Crippen LogP contribution is -2.53. The number of methoxy groups -OCH3 is 1. The fourth-order valence-corrected chi connectivity index (χ4v) is 9.38. The Bertz CT molecular complexity index is 2080. The summed E-state index contributed by atoms with van der Waals surface area (Å²) in [5.41, 5.74) is 1.60. The van der Waals surface area contributed by atoms with Crippen molar-refractivity contribution >= 4 is 69.2 Å². The number of phenols is 1. The Labute approximate surface area is 301 Å². The van der Waals surface area contributed by atoms with Crippen LogP contribution in [0.25, 0.3) is 0 Å². The van der Waals surface area contributed by atoms with Gasteiger partial charge in [0, 0.05) is 14.5 Å². The van der Waals surface area contributed by atoms with Gasteiger partial charge in [-0.2, -0.15) is 0 Å². The Morgan fingerprint density at radius 1 is 0.816 bits per heavy atom. The Hall–Kier alpha value is -4.48. The average Bonchev–Trinajstić information content (AvgIpc) is 3.50. The molecule has 6 unspecified atom stereocenters. The molecule has 10 heteroatoms. The first kappa shape index (κ1) is 31.8. The lowest BCUT2D eigenvalue weighted by atomic mass is 9.49. The molecular weight excluding hydrogens is 755 g/mol. The minimum atomic E-state index is -1.42. The molecule has 2 saturated heterocycles. The molecule has 0 bridgehead atoms. The van der Waals surface area contributed by atoms with Crippen molar-refractivity contribution in [3.63, 3.8) is 0 Å². The van der Waals surface area contributed by atoms with Gasteiger partial charge < -0.3 is 9.84 Å². The zero-order valence-corrected chi connectivity index (χ0v) is 29.2. The monoisotopic (exact) mass is 784 g/mol. The van der Waals surface area contributed by atoms with E-state index in [1.54, 1.807) is 48.5 Å². The van der Waals surface area contributed by atoms with Crippen molar-refractivity contribution in [1.82, 2.24) is 0 Å². The third kappa shape index (κ3) is 4.61. The molecular formula is C39H30ClIN2O6. The maximum atomic E-state index is 15.3. The topological polar surface area (TPSA) is 104 Å². The number of imide groups is 2.